The van der Waals surface area contributed by atoms with E-state index in [4.69, 9.17) is 28.9 Å². The first-order chi connectivity index (χ1) is 18.6. The van der Waals surface area contributed by atoms with Crippen molar-refractivity contribution in [1.29, 1.82) is 0 Å². The van der Waals surface area contributed by atoms with Crippen LogP contribution in [0.3, 0.4) is 0 Å². The van der Waals surface area contributed by atoms with Crippen molar-refractivity contribution in [2.45, 2.75) is 19.3 Å². The van der Waals surface area contributed by atoms with Crippen LogP contribution in [0.4, 0.5) is 24.5 Å². The molecule has 7 nitrogen and oxygen atoms in total. The molecule has 3 aromatic rings. The smallest absolute Gasteiger partial charge is 0.406 e. The maximum absolute atomic E-state index is 12.2. The molecule has 1 atom stereocenters. The van der Waals surface area contributed by atoms with Gasteiger partial charge in [-0.25, -0.2) is 9.98 Å². The lowest BCUT2D eigenvalue weighted by molar-refractivity contribution is -0.274. The van der Waals surface area contributed by atoms with Crippen molar-refractivity contribution in [3.8, 4) is 5.75 Å². The van der Waals surface area contributed by atoms with Crippen molar-refractivity contribution < 1.29 is 17.9 Å². The van der Waals surface area contributed by atoms with Crippen LogP contribution in [0.2, 0.25) is 10.0 Å². The Labute approximate surface area is 236 Å². The molecule has 0 radical (unpaired) electrons. The van der Waals surface area contributed by atoms with Crippen molar-refractivity contribution in [3.63, 3.8) is 0 Å². The number of hydrogen-bond donors (Lipinski definition) is 1. The predicted octanol–water partition coefficient (Wildman–Crippen LogP) is 7.29. The highest BCUT2D eigenvalue weighted by Crippen LogP contribution is 2.39. The summed E-state index contributed by atoms with van der Waals surface area (Å²) in [6, 6.07) is 17.7. The van der Waals surface area contributed by atoms with Gasteiger partial charge in [0.2, 0.25) is 0 Å². The molecular formula is C26H21Cl2F3N6OS. The number of nitrogens with two attached hydrogens (primary N) is 1. The summed E-state index contributed by atoms with van der Waals surface area (Å²) in [7, 11) is 0. The first-order valence-corrected chi connectivity index (χ1v) is 13.1. The van der Waals surface area contributed by atoms with Gasteiger partial charge in [0, 0.05) is 17.4 Å². The Bertz CT molecular complexity index is 1410. The lowest BCUT2D eigenvalue weighted by Gasteiger charge is -2.24. The molecule has 1 aliphatic heterocycles. The third-order valence-electron chi connectivity index (χ3n) is 5.31. The van der Waals surface area contributed by atoms with E-state index >= 15 is 0 Å². The summed E-state index contributed by atoms with van der Waals surface area (Å²) < 4.78 is 40.6. The van der Waals surface area contributed by atoms with Gasteiger partial charge in [-0.05, 0) is 48.9 Å². The van der Waals surface area contributed by atoms with Crippen LogP contribution in [0.25, 0.3) is 0 Å². The topological polar surface area (TPSA) is 87.9 Å². The van der Waals surface area contributed by atoms with Gasteiger partial charge in [-0.3, -0.25) is 0 Å². The first kappa shape index (κ1) is 28.5. The molecule has 1 aliphatic rings. The Morgan fingerprint density at radius 2 is 1.72 bits per heavy atom. The molecule has 1 saturated heterocycles. The number of amidine groups is 2. The maximum Gasteiger partial charge on any atom is 0.573 e. The minimum atomic E-state index is -4.75. The number of alkyl halides is 3. The van der Waals surface area contributed by atoms with Crippen LogP contribution in [-0.2, 0) is 0 Å². The van der Waals surface area contributed by atoms with E-state index in [-0.39, 0.29) is 17.6 Å². The Morgan fingerprint density at radius 3 is 2.36 bits per heavy atom. The van der Waals surface area contributed by atoms with Gasteiger partial charge in [-0.1, -0.05) is 65.3 Å². The summed E-state index contributed by atoms with van der Waals surface area (Å²) in [5.74, 6) is 0.700. The molecule has 1 unspecified atom stereocenters. The Kier molecular flexibility index (Phi) is 9.16. The second kappa shape index (κ2) is 12.5. The molecule has 202 valence electrons. The summed E-state index contributed by atoms with van der Waals surface area (Å²) in [4.78, 5) is 10.1. The molecule has 2 N–H and O–H groups in total. The first-order valence-electron chi connectivity index (χ1n) is 11.4. The highest BCUT2D eigenvalue weighted by Gasteiger charge is 2.32. The molecule has 4 rings (SSSR count). The fraction of sp³-hybridized carbons (Fsp3) is 0.154. The van der Waals surface area contributed by atoms with Crippen molar-refractivity contribution in [3.05, 3.63) is 87.9 Å². The predicted molar refractivity (Wildman–Crippen MR) is 154 cm³/mol. The van der Waals surface area contributed by atoms with Gasteiger partial charge >= 0.3 is 6.36 Å². The van der Waals surface area contributed by atoms with Gasteiger partial charge in [0.15, 0.2) is 5.17 Å². The number of thioether (sulfide) groups is 1. The lowest BCUT2D eigenvalue weighted by atomic mass is 10.1. The van der Waals surface area contributed by atoms with E-state index in [0.29, 0.717) is 32.2 Å². The molecule has 1 heterocycles. The normalized spacial score (nSPS) is 17.6. The molecule has 13 heteroatoms. The number of nitrogens with zero attached hydrogens (tertiary/aromatic N) is 5. The third-order valence-corrected chi connectivity index (χ3v) is 7.11. The van der Waals surface area contributed by atoms with Gasteiger partial charge in [-0.2, -0.15) is 5.10 Å². The zero-order valence-corrected chi connectivity index (χ0v) is 22.6. The molecular weight excluding hydrogens is 572 g/mol. The number of aliphatic imine (C=N–C) groups is 2. The molecule has 3 aromatic carbocycles. The van der Waals surface area contributed by atoms with Crippen molar-refractivity contribution in [2.24, 2.45) is 25.9 Å². The van der Waals surface area contributed by atoms with Crippen molar-refractivity contribution in [2.75, 3.05) is 10.7 Å². The molecule has 0 saturated carbocycles. The summed E-state index contributed by atoms with van der Waals surface area (Å²) in [5.41, 5.74) is 8.57. The van der Waals surface area contributed by atoms with Crippen molar-refractivity contribution >= 4 is 69.9 Å². The van der Waals surface area contributed by atoms with E-state index in [2.05, 4.69) is 31.8 Å². The Balaban J connectivity index is 1.39. The summed E-state index contributed by atoms with van der Waals surface area (Å²) in [6.07, 6.45) is -1.91. The summed E-state index contributed by atoms with van der Waals surface area (Å²) in [5, 5.41) is 10.4. The molecule has 0 aromatic heterocycles. The Morgan fingerprint density at radius 1 is 1.05 bits per heavy atom. The van der Waals surface area contributed by atoms with Gasteiger partial charge in [-0.15, -0.1) is 18.3 Å². The molecule has 0 aliphatic carbocycles. The summed E-state index contributed by atoms with van der Waals surface area (Å²) in [6.45, 7) is 2.07. The van der Waals surface area contributed by atoms with Crippen LogP contribution < -0.4 is 15.4 Å². The molecule has 1 fully saturated rings. The van der Waals surface area contributed by atoms with Gasteiger partial charge in [0.1, 0.15) is 17.9 Å². The number of benzene rings is 3. The SMILES string of the molecule is CC1CS/C(=N\N=C\c2ccc(C(N)=NC=Nc3ccc(OC(F)(F)F)cc3)cc2)N1c1c(Cl)cccc1Cl. The van der Waals surface area contributed by atoms with E-state index in [1.54, 1.807) is 48.3 Å². The standard InChI is InChI=1S/C26H21Cl2F3N6OS/c1-16-14-39-25(37(16)23-21(27)3-2-4-22(23)28)36-35-13-17-5-7-18(8-6-17)24(32)34-15-33-19-9-11-20(12-10-19)38-26(29,30)31/h2-13,15-16H,14H2,1H3,(H2,32,33,34)/b35-13+,36-25-. The molecule has 0 spiro atoms. The highest BCUT2D eigenvalue weighted by atomic mass is 35.5. The number of anilines is 1. The second-order valence-corrected chi connectivity index (χ2v) is 9.95. The minimum Gasteiger partial charge on any atom is -0.406 e. The maximum atomic E-state index is 12.2. The quantitative estimate of drug-likeness (QED) is 0.177. The van der Waals surface area contributed by atoms with E-state index in [9.17, 15) is 13.2 Å². The number of halogens is 5. The minimum absolute atomic E-state index is 0.147. The molecule has 0 amide bonds. The van der Waals surface area contributed by atoms with Gasteiger partial charge < -0.3 is 15.4 Å². The fourth-order valence-electron chi connectivity index (χ4n) is 3.49. The molecule has 39 heavy (non-hydrogen) atoms. The summed E-state index contributed by atoms with van der Waals surface area (Å²) >= 11 is 14.4. The van der Waals surface area contributed by atoms with Crippen LogP contribution in [0.5, 0.6) is 5.75 Å². The largest absolute Gasteiger partial charge is 0.573 e. The molecule has 0 bridgehead atoms. The van der Waals surface area contributed by atoms with E-state index in [1.807, 2.05) is 17.0 Å². The average Bonchev–Trinajstić information content (AvgIpc) is 3.24. The van der Waals surface area contributed by atoms with Crippen LogP contribution in [0.15, 0.2) is 86.9 Å². The van der Waals surface area contributed by atoms with E-state index in [0.717, 1.165) is 23.4 Å². The monoisotopic (exact) mass is 592 g/mol. The van der Waals surface area contributed by atoms with E-state index in [1.165, 1.54) is 18.5 Å². The number of ether oxygens (including phenoxy) is 1. The van der Waals surface area contributed by atoms with Crippen LogP contribution in [0, 0.1) is 0 Å². The highest BCUT2D eigenvalue weighted by molar-refractivity contribution is 8.14. The van der Waals surface area contributed by atoms with Gasteiger partial charge in [0.25, 0.3) is 0 Å². The second-order valence-electron chi connectivity index (χ2n) is 8.15. The van der Waals surface area contributed by atoms with E-state index < -0.39 is 6.36 Å². The number of hydrogen-bond acceptors (Lipinski definition) is 5. The number of rotatable bonds is 7. The fourth-order valence-corrected chi connectivity index (χ4v) is 5.13. The van der Waals surface area contributed by atoms with Crippen LogP contribution in [0.1, 0.15) is 18.1 Å². The zero-order chi connectivity index (χ0) is 28.0. The van der Waals surface area contributed by atoms with Crippen LogP contribution >= 0.6 is 35.0 Å². The van der Waals surface area contributed by atoms with Crippen molar-refractivity contribution in [1.82, 2.24) is 0 Å². The van der Waals surface area contributed by atoms with Crippen LogP contribution in [-0.4, -0.2) is 41.7 Å². The third kappa shape index (κ3) is 7.75. The van der Waals surface area contributed by atoms with Gasteiger partial charge in [0.05, 0.1) is 27.6 Å². The average molecular weight is 593 g/mol. The zero-order valence-electron chi connectivity index (χ0n) is 20.3. The number of para-hydroxylation sites is 1. The lowest BCUT2D eigenvalue weighted by Crippen LogP contribution is -2.31. The Hall–Kier alpha value is -3.54.